The van der Waals surface area contributed by atoms with E-state index in [2.05, 4.69) is 10.6 Å². The topological polar surface area (TPSA) is 120 Å². The van der Waals surface area contributed by atoms with Gasteiger partial charge >= 0.3 is 6.03 Å². The molecule has 0 unspecified atom stereocenters. The van der Waals surface area contributed by atoms with Crippen molar-refractivity contribution in [3.8, 4) is 5.75 Å². The van der Waals surface area contributed by atoms with E-state index in [0.29, 0.717) is 0 Å². The molecule has 1 aliphatic rings. The Morgan fingerprint density at radius 1 is 1.07 bits per heavy atom. The molecule has 9 heteroatoms. The summed E-state index contributed by atoms with van der Waals surface area (Å²) in [5, 5.41) is 18.1. The number of hydrogen-bond donors (Lipinski definition) is 4. The first-order valence-electron chi connectivity index (χ1n) is 25.9. The number of aliphatic hydroxyl groups excluding tert-OH is 1. The first-order valence-corrected chi connectivity index (χ1v) is 13.9. The van der Waals surface area contributed by atoms with Crippen LogP contribution in [0.25, 0.3) is 0 Å². The summed E-state index contributed by atoms with van der Waals surface area (Å²) in [6, 6.07) is -9.55. The van der Waals surface area contributed by atoms with Crippen LogP contribution in [-0.4, -0.2) is 71.6 Å². The van der Waals surface area contributed by atoms with Gasteiger partial charge in [0.25, 0.3) is 5.91 Å². The Morgan fingerprint density at radius 2 is 1.78 bits per heavy atom. The number of ether oxygens (including phenoxy) is 1. The second-order valence-electron chi connectivity index (χ2n) is 10.3. The summed E-state index contributed by atoms with van der Waals surface area (Å²) in [5.41, 5.74) is -3.50. The number of carbonyl (C=O) groups excluding carboxylic acids is 3. The Balaban J connectivity index is 1.90. The molecule has 1 fully saturated rings. The summed E-state index contributed by atoms with van der Waals surface area (Å²) in [6.07, 6.45) is -10.9. The van der Waals surface area contributed by atoms with E-state index in [4.69, 9.17) is 34.9 Å². The van der Waals surface area contributed by atoms with Gasteiger partial charge in [0.15, 0.2) is 6.56 Å². The van der Waals surface area contributed by atoms with Gasteiger partial charge in [-0.3, -0.25) is 9.59 Å². The Hall–Kier alpha value is -4.37. The molecule has 246 valence electrons. The van der Waals surface area contributed by atoms with Gasteiger partial charge in [-0.05, 0) is 67.5 Å². The molecule has 46 heavy (non-hydrogen) atoms. The number of carbonyl (C=O) groups is 3. The van der Waals surface area contributed by atoms with E-state index < -0.39 is 178 Å². The highest BCUT2D eigenvalue weighted by molar-refractivity contribution is 5.87. The average molecular weight is 653 g/mol. The molecule has 0 bridgehead atoms. The average Bonchev–Trinajstić information content (AvgIpc) is 3.20. The first-order chi connectivity index (χ1) is 31.6. The molecule has 1 heterocycles. The van der Waals surface area contributed by atoms with E-state index in [1.54, 1.807) is 11.4 Å². The number of benzene rings is 3. The lowest BCUT2D eigenvalue weighted by Crippen LogP contribution is -2.59. The van der Waals surface area contributed by atoms with Crippen molar-refractivity contribution in [1.29, 1.82) is 0 Å². The minimum Gasteiger partial charge on any atom is -0.483 e. The van der Waals surface area contributed by atoms with Crippen LogP contribution in [0.2, 0.25) is 0 Å². The van der Waals surface area contributed by atoms with Gasteiger partial charge in [0.1, 0.15) is 11.8 Å². The van der Waals surface area contributed by atoms with E-state index in [-0.39, 0.29) is 10.5 Å². The van der Waals surface area contributed by atoms with E-state index >= 15 is 0 Å². The minimum atomic E-state index is -3.87. The highest BCUT2D eigenvalue weighted by atomic mass is 16.5. The fourth-order valence-corrected chi connectivity index (χ4v) is 4.45. The maximum atomic E-state index is 14.5. The molecule has 0 aliphatic carbocycles. The van der Waals surface area contributed by atoms with Crippen LogP contribution in [-0.2, 0) is 22.4 Å². The monoisotopic (exact) mass is 653 g/mol. The molecule has 1 saturated heterocycles. The molecule has 4 N–H and O–H groups in total. The number of urea groups is 1. The van der Waals surface area contributed by atoms with Gasteiger partial charge in [-0.15, -0.1) is 0 Å². The van der Waals surface area contributed by atoms with Crippen molar-refractivity contribution in [1.82, 2.24) is 20.9 Å². The lowest BCUT2D eigenvalue weighted by Gasteiger charge is -2.37. The molecule has 1 aliphatic heterocycles. The Kier molecular flexibility index (Phi) is 5.33. The summed E-state index contributed by atoms with van der Waals surface area (Å²) in [6.45, 7) is -15.3. The smallest absolute Gasteiger partial charge is 0.318 e. The molecule has 4 rings (SSSR count). The predicted molar refractivity (Wildman–Crippen MR) is 180 cm³/mol. The quantitative estimate of drug-likeness (QED) is 0.195. The van der Waals surface area contributed by atoms with E-state index in [1.807, 2.05) is 0 Å². The maximum Gasteiger partial charge on any atom is 0.318 e. The fourth-order valence-electron chi connectivity index (χ4n) is 4.45. The van der Waals surface area contributed by atoms with Gasteiger partial charge in [0.2, 0.25) is 5.91 Å². The van der Waals surface area contributed by atoms with E-state index in [1.165, 1.54) is 38.1 Å². The highest BCUT2D eigenvalue weighted by Crippen LogP contribution is 2.22. The Labute approximate surface area is 306 Å². The third kappa shape index (κ3) is 9.81. The molecule has 3 aromatic carbocycles. The number of nitrogens with zero attached hydrogens (tertiary/aromatic N) is 1. The SMILES string of the molecule is [2H]c1c([2H])c([2H])c(C([2H])([2H])[C@@H](C[C@H](O)[C@H](Cc2ccccc2)NC(=O)C([2H])([2H])Oc2c(C([2H])([2H])[2H])c([2H])c([2H])c([2H])c2C([2H])([2H])[2H])NC(=O)[C@H](C(C)C)N2C(=O)NC([2H])([2H])C([2H])([2H])C2([2H])[2H])c([2H])c1[2H]. The number of amides is 4. The predicted octanol–water partition coefficient (Wildman–Crippen LogP) is 4.33. The van der Waals surface area contributed by atoms with Crippen molar-refractivity contribution >= 4 is 17.8 Å². The van der Waals surface area contributed by atoms with Crippen molar-refractivity contribution in [3.63, 3.8) is 0 Å². The zero-order valence-corrected chi connectivity index (χ0v) is 24.7. The van der Waals surface area contributed by atoms with Crippen molar-refractivity contribution in [2.24, 2.45) is 5.92 Å². The second-order valence-corrected chi connectivity index (χ2v) is 10.3. The van der Waals surface area contributed by atoms with Gasteiger partial charge < -0.3 is 30.7 Å². The van der Waals surface area contributed by atoms with Gasteiger partial charge in [-0.1, -0.05) is 92.5 Å². The number of rotatable bonds is 15. The molecule has 0 spiro atoms. The zero-order valence-electron chi connectivity index (χ0n) is 48.7. The number of hydrogen-bond acceptors (Lipinski definition) is 5. The van der Waals surface area contributed by atoms with Crippen LogP contribution in [0.3, 0.4) is 0 Å². The van der Waals surface area contributed by atoms with Crippen LogP contribution in [0.4, 0.5) is 4.79 Å². The van der Waals surface area contributed by atoms with E-state index in [9.17, 15) is 22.2 Å². The van der Waals surface area contributed by atoms with Crippen LogP contribution in [0.1, 0.15) is 81.8 Å². The Morgan fingerprint density at radius 3 is 2.46 bits per heavy atom. The lowest BCUT2D eigenvalue weighted by atomic mass is 9.92. The molecule has 9 nitrogen and oxygen atoms in total. The summed E-state index contributed by atoms with van der Waals surface area (Å²) in [5.74, 6) is -6.08. The van der Waals surface area contributed by atoms with Crippen LogP contribution in [0.15, 0.2) is 78.7 Å². The number of nitrogens with one attached hydrogen (secondary N) is 3. The van der Waals surface area contributed by atoms with Gasteiger partial charge in [0, 0.05) is 38.2 Å². The first kappa shape index (κ1) is 14.6. The minimum absolute atomic E-state index is 0.0443. The van der Waals surface area contributed by atoms with Crippen LogP contribution < -0.4 is 20.7 Å². The molecule has 0 radical (unpaired) electrons. The summed E-state index contributed by atoms with van der Waals surface area (Å²) >= 11 is 0. The second kappa shape index (κ2) is 16.8. The normalized spacial score (nSPS) is 27.8. The maximum absolute atomic E-state index is 14.5. The van der Waals surface area contributed by atoms with Crippen molar-refractivity contribution in [3.05, 3.63) is 101 Å². The van der Waals surface area contributed by atoms with Crippen molar-refractivity contribution in [2.75, 3.05) is 19.6 Å². The van der Waals surface area contributed by atoms with Gasteiger partial charge in [-0.2, -0.15) is 0 Å². The zero-order chi connectivity index (χ0) is 54.0. The van der Waals surface area contributed by atoms with Crippen LogP contribution >= 0.6 is 0 Å². The molecular weight excluding hydrogens is 580 g/mol. The molecule has 4 amide bonds. The van der Waals surface area contributed by atoms with E-state index in [0.717, 1.165) is 0 Å². The van der Waals surface area contributed by atoms with Crippen LogP contribution in [0, 0.1) is 19.6 Å². The van der Waals surface area contributed by atoms with Gasteiger partial charge in [0.05, 0.1) is 25.9 Å². The molecular formula is C37H48N4O5. The van der Waals surface area contributed by atoms with Crippen molar-refractivity contribution in [2.45, 2.75) is 77.4 Å². The molecule has 0 saturated carbocycles. The molecule has 0 aromatic heterocycles. The highest BCUT2D eigenvalue weighted by Gasteiger charge is 2.35. The largest absolute Gasteiger partial charge is 0.483 e. The third-order valence-corrected chi connectivity index (χ3v) is 6.57. The number of para-hydroxylation sites is 1. The van der Waals surface area contributed by atoms with Crippen molar-refractivity contribution < 1.29 is 57.1 Å². The number of aliphatic hydroxyl groups is 1. The summed E-state index contributed by atoms with van der Waals surface area (Å²) in [7, 11) is 0. The van der Waals surface area contributed by atoms with Gasteiger partial charge in [-0.25, -0.2) is 4.79 Å². The molecule has 4 atom stereocenters. The fraction of sp³-hybridized carbons (Fsp3) is 0.432. The lowest BCUT2D eigenvalue weighted by molar-refractivity contribution is -0.128. The molecule has 3 aromatic rings. The Bertz CT molecular complexity index is 2430. The summed E-state index contributed by atoms with van der Waals surface area (Å²) in [4.78, 5) is 42.0. The standard InChI is InChI=1S/C37H48N4O5/c1-25(2)34(41-20-12-19-38-37(41)45)36(44)39-30(21-28-15-7-5-8-16-28)23-32(42)31(22-29-17-9-6-10-18-29)40-33(43)24-46-35-26(3)13-11-14-27(35)4/h5-11,13-18,25,30-32,34,42H,12,19-24H2,1-4H3,(H,38,45)(H,39,44)(H,40,43)/t30-,31-,32-,34-/m0/s1/i3D3,4D3,5D,7D,8D,11D,12D2,13D,14D,15D,16D,19D2,20D2,21D2,24D2. The van der Waals surface area contributed by atoms with Crippen LogP contribution in [0.5, 0.6) is 5.75 Å². The third-order valence-electron chi connectivity index (χ3n) is 6.57. The summed E-state index contributed by atoms with van der Waals surface area (Å²) < 4.78 is 204.